The molecular weight excluding hydrogens is 270 g/mol. The second-order valence-electron chi connectivity index (χ2n) is 4.66. The maximum Gasteiger partial charge on any atom is 0.211 e. The Morgan fingerprint density at radius 3 is 2.86 bits per heavy atom. The number of amides is 1. The number of likely N-dealkylation sites (N-methyl/N-ethyl adjacent to an activating group) is 1. The molecule has 2 N–H and O–H groups in total. The molecule has 0 aliphatic carbocycles. The molecular formula is C15H19N3O3. The molecule has 2 rings (SSSR count). The molecule has 1 atom stereocenters. The lowest BCUT2D eigenvalue weighted by Crippen LogP contribution is -2.38. The molecule has 0 bridgehead atoms. The minimum absolute atomic E-state index is 0.177. The number of hydrogen-bond donors (Lipinski definition) is 2. The molecule has 1 aromatic carbocycles. The van der Waals surface area contributed by atoms with Gasteiger partial charge in [0.25, 0.3) is 0 Å². The predicted molar refractivity (Wildman–Crippen MR) is 81.1 cm³/mol. The average Bonchev–Trinajstić information content (AvgIpc) is 3.00. The molecule has 0 fully saturated rings. The number of nitrogens with one attached hydrogen (secondary N) is 1. The van der Waals surface area contributed by atoms with Gasteiger partial charge in [-0.25, -0.2) is 0 Å². The van der Waals surface area contributed by atoms with Crippen molar-refractivity contribution >= 4 is 12.1 Å². The molecule has 0 aliphatic heterocycles. The van der Waals surface area contributed by atoms with Crippen LogP contribution in [0.25, 0.3) is 0 Å². The summed E-state index contributed by atoms with van der Waals surface area (Å²) in [6.07, 6.45) is 3.80. The molecule has 0 saturated heterocycles. The summed E-state index contributed by atoms with van der Waals surface area (Å²) in [5.74, 6) is 0.601. The Morgan fingerprint density at radius 2 is 2.14 bits per heavy atom. The van der Waals surface area contributed by atoms with Crippen molar-refractivity contribution in [2.75, 3.05) is 30.5 Å². The Balaban J connectivity index is 1.82. The monoisotopic (exact) mass is 289 g/mol. The largest absolute Gasteiger partial charge is 0.491 e. The van der Waals surface area contributed by atoms with Crippen LogP contribution in [0, 0.1) is 0 Å². The number of rotatable bonds is 8. The first-order valence-corrected chi connectivity index (χ1v) is 6.64. The number of aromatic nitrogens is 1. The van der Waals surface area contributed by atoms with E-state index in [0.717, 1.165) is 0 Å². The van der Waals surface area contributed by atoms with Crippen molar-refractivity contribution in [2.24, 2.45) is 0 Å². The molecule has 6 nitrogen and oxygen atoms in total. The highest BCUT2D eigenvalue weighted by atomic mass is 16.5. The van der Waals surface area contributed by atoms with Crippen LogP contribution >= 0.6 is 0 Å². The van der Waals surface area contributed by atoms with Crippen molar-refractivity contribution in [1.29, 1.82) is 0 Å². The smallest absolute Gasteiger partial charge is 0.211 e. The van der Waals surface area contributed by atoms with Crippen molar-refractivity contribution in [2.45, 2.75) is 6.10 Å². The van der Waals surface area contributed by atoms with E-state index in [-0.39, 0.29) is 6.61 Å². The van der Waals surface area contributed by atoms with Crippen molar-refractivity contribution < 1.29 is 14.6 Å². The van der Waals surface area contributed by atoms with Crippen molar-refractivity contribution in [1.82, 2.24) is 4.68 Å². The summed E-state index contributed by atoms with van der Waals surface area (Å²) < 4.78 is 7.42. The van der Waals surface area contributed by atoms with Crippen LogP contribution in [0.1, 0.15) is 0 Å². The standard InChI is InChI=1S/C15H19N3O3/c1-17(18-7-2-3-8-18)10-14(20)11-21-15-6-4-5-13(9-15)16-12-19/h2-9,12,14,20H,10-11H2,1H3,(H,16,19). The lowest BCUT2D eigenvalue weighted by Gasteiger charge is -2.23. The highest BCUT2D eigenvalue weighted by Gasteiger charge is 2.09. The summed E-state index contributed by atoms with van der Waals surface area (Å²) in [5, 5.41) is 14.4. The van der Waals surface area contributed by atoms with Crippen LogP contribution < -0.4 is 15.1 Å². The Morgan fingerprint density at radius 1 is 1.38 bits per heavy atom. The Bertz CT molecular complexity index is 557. The third kappa shape index (κ3) is 4.54. The second kappa shape index (κ2) is 7.35. The van der Waals surface area contributed by atoms with Crippen molar-refractivity contribution in [3.05, 3.63) is 48.8 Å². The molecule has 1 unspecified atom stereocenters. The van der Waals surface area contributed by atoms with Gasteiger partial charge in [0.15, 0.2) is 0 Å². The topological polar surface area (TPSA) is 66.7 Å². The fraction of sp³-hybridized carbons (Fsp3) is 0.267. The summed E-state index contributed by atoms with van der Waals surface area (Å²) in [6.45, 7) is 0.622. The third-order valence-electron chi connectivity index (χ3n) is 2.96. The first-order valence-electron chi connectivity index (χ1n) is 6.64. The molecule has 0 radical (unpaired) electrons. The predicted octanol–water partition coefficient (Wildman–Crippen LogP) is 1.06. The number of aliphatic hydroxyl groups is 1. The minimum Gasteiger partial charge on any atom is -0.491 e. The highest BCUT2D eigenvalue weighted by molar-refractivity contribution is 5.71. The minimum atomic E-state index is -0.625. The van der Waals surface area contributed by atoms with Gasteiger partial charge in [-0.1, -0.05) is 6.07 Å². The van der Waals surface area contributed by atoms with E-state index in [1.165, 1.54) is 0 Å². The van der Waals surface area contributed by atoms with Crippen molar-refractivity contribution in [3.63, 3.8) is 0 Å². The zero-order valence-electron chi connectivity index (χ0n) is 11.8. The molecule has 1 amide bonds. The van der Waals surface area contributed by atoms with Crippen LogP contribution in [-0.4, -0.2) is 42.5 Å². The molecule has 1 aromatic heterocycles. The lowest BCUT2D eigenvalue weighted by atomic mass is 10.3. The first-order chi connectivity index (χ1) is 10.2. The van der Waals surface area contributed by atoms with Gasteiger partial charge in [0.05, 0.1) is 6.54 Å². The molecule has 0 aliphatic rings. The van der Waals surface area contributed by atoms with Crippen molar-refractivity contribution in [3.8, 4) is 5.75 Å². The van der Waals surface area contributed by atoms with E-state index in [1.54, 1.807) is 24.3 Å². The number of ether oxygens (including phenoxy) is 1. The number of aliphatic hydroxyl groups excluding tert-OH is 1. The number of benzene rings is 1. The summed E-state index contributed by atoms with van der Waals surface area (Å²) in [5.41, 5.74) is 0.654. The van der Waals surface area contributed by atoms with Gasteiger partial charge in [0.2, 0.25) is 6.41 Å². The summed E-state index contributed by atoms with van der Waals surface area (Å²) in [4.78, 5) is 10.4. The van der Waals surface area contributed by atoms with E-state index < -0.39 is 6.10 Å². The summed E-state index contributed by atoms with van der Waals surface area (Å²) in [6, 6.07) is 10.9. The van der Waals surface area contributed by atoms with Crippen LogP contribution in [0.3, 0.4) is 0 Å². The number of carbonyl (C=O) groups excluding carboxylic acids is 1. The van der Waals surface area contributed by atoms with E-state index in [9.17, 15) is 9.90 Å². The summed E-state index contributed by atoms with van der Waals surface area (Å²) in [7, 11) is 1.89. The van der Waals surface area contributed by atoms with Gasteiger partial charge in [0, 0.05) is 31.2 Å². The van der Waals surface area contributed by atoms with Gasteiger partial charge < -0.3 is 20.2 Å². The average molecular weight is 289 g/mol. The number of nitrogens with zero attached hydrogens (tertiary/aromatic N) is 2. The SMILES string of the molecule is CN(CC(O)COc1cccc(NC=O)c1)n1cccc1. The molecule has 2 aromatic rings. The molecule has 0 spiro atoms. The van der Waals surface area contributed by atoms with Gasteiger partial charge in [-0.15, -0.1) is 0 Å². The van der Waals surface area contributed by atoms with Gasteiger partial charge in [0.1, 0.15) is 18.5 Å². The Labute approximate surface area is 123 Å². The van der Waals surface area contributed by atoms with Crippen LogP contribution in [0.4, 0.5) is 5.69 Å². The maximum atomic E-state index is 10.4. The van der Waals surface area contributed by atoms with E-state index in [2.05, 4.69) is 5.32 Å². The third-order valence-corrected chi connectivity index (χ3v) is 2.96. The van der Waals surface area contributed by atoms with E-state index in [4.69, 9.17) is 4.74 Å². The quantitative estimate of drug-likeness (QED) is 0.713. The van der Waals surface area contributed by atoms with E-state index >= 15 is 0 Å². The van der Waals surface area contributed by atoms with Gasteiger partial charge in [-0.05, 0) is 24.3 Å². The van der Waals surface area contributed by atoms with Gasteiger partial charge in [-0.2, -0.15) is 0 Å². The zero-order valence-corrected chi connectivity index (χ0v) is 11.8. The highest BCUT2D eigenvalue weighted by Crippen LogP contribution is 2.16. The number of anilines is 1. The molecule has 1 heterocycles. The van der Waals surface area contributed by atoms with E-state index in [0.29, 0.717) is 24.4 Å². The van der Waals surface area contributed by atoms with Gasteiger partial charge >= 0.3 is 0 Å². The lowest BCUT2D eigenvalue weighted by molar-refractivity contribution is -0.105. The van der Waals surface area contributed by atoms with E-state index in [1.807, 2.05) is 41.3 Å². The Kier molecular flexibility index (Phi) is 5.22. The number of carbonyl (C=O) groups is 1. The fourth-order valence-corrected chi connectivity index (χ4v) is 1.94. The zero-order chi connectivity index (χ0) is 15.1. The molecule has 0 saturated carbocycles. The number of hydrogen-bond acceptors (Lipinski definition) is 4. The normalized spacial score (nSPS) is 11.7. The fourth-order valence-electron chi connectivity index (χ4n) is 1.94. The molecule has 6 heteroatoms. The van der Waals surface area contributed by atoms with Crippen LogP contribution in [-0.2, 0) is 4.79 Å². The first kappa shape index (κ1) is 14.9. The van der Waals surface area contributed by atoms with Crippen LogP contribution in [0.5, 0.6) is 5.75 Å². The molecule has 112 valence electrons. The summed E-state index contributed by atoms with van der Waals surface area (Å²) >= 11 is 0. The van der Waals surface area contributed by atoms with Gasteiger partial charge in [-0.3, -0.25) is 9.47 Å². The van der Waals surface area contributed by atoms with Crippen LogP contribution in [0.15, 0.2) is 48.8 Å². The van der Waals surface area contributed by atoms with Crippen LogP contribution in [0.2, 0.25) is 0 Å². The Hall–Kier alpha value is -2.47. The second-order valence-corrected chi connectivity index (χ2v) is 4.66. The maximum absolute atomic E-state index is 10.4. The molecule has 21 heavy (non-hydrogen) atoms.